The van der Waals surface area contributed by atoms with Gasteiger partial charge in [-0.2, -0.15) is 0 Å². The standard InChI is InChI=1S/C15H18N4O3/c1-9-12(13(20)14(21)18-4-10-2-3-10)7-19(15(9)22)11-5-16-8-17-6-11/h5-6,8-10,12H,2-4,7H2,1H3,(H,18,21)/t9-,12+/m1/s1. The highest BCUT2D eigenvalue weighted by atomic mass is 16.2. The topological polar surface area (TPSA) is 92.3 Å². The summed E-state index contributed by atoms with van der Waals surface area (Å²) in [7, 11) is 0. The van der Waals surface area contributed by atoms with Crippen molar-refractivity contribution in [3.63, 3.8) is 0 Å². The lowest BCUT2D eigenvalue weighted by atomic mass is 9.93. The maximum Gasteiger partial charge on any atom is 0.287 e. The van der Waals surface area contributed by atoms with E-state index in [0.717, 1.165) is 12.8 Å². The van der Waals surface area contributed by atoms with Gasteiger partial charge in [-0.3, -0.25) is 14.4 Å². The summed E-state index contributed by atoms with van der Waals surface area (Å²) in [4.78, 5) is 45.8. The van der Waals surface area contributed by atoms with Gasteiger partial charge in [-0.25, -0.2) is 9.97 Å². The summed E-state index contributed by atoms with van der Waals surface area (Å²) in [5.41, 5.74) is 0.549. The zero-order chi connectivity index (χ0) is 15.7. The third kappa shape index (κ3) is 2.84. The van der Waals surface area contributed by atoms with Crippen LogP contribution in [0.1, 0.15) is 19.8 Å². The molecule has 2 atom stereocenters. The minimum Gasteiger partial charge on any atom is -0.349 e. The van der Waals surface area contributed by atoms with Gasteiger partial charge in [0.25, 0.3) is 5.91 Å². The van der Waals surface area contributed by atoms with E-state index in [-0.39, 0.29) is 12.5 Å². The fourth-order valence-electron chi connectivity index (χ4n) is 2.65. The molecule has 7 heteroatoms. The molecule has 3 rings (SSSR count). The molecule has 1 aromatic rings. The zero-order valence-corrected chi connectivity index (χ0v) is 12.4. The van der Waals surface area contributed by atoms with E-state index in [1.807, 2.05) is 0 Å². The molecule has 1 aromatic heterocycles. The average molecular weight is 302 g/mol. The molecule has 2 heterocycles. The second-order valence-corrected chi connectivity index (χ2v) is 5.96. The predicted molar refractivity (Wildman–Crippen MR) is 77.8 cm³/mol. The zero-order valence-electron chi connectivity index (χ0n) is 12.4. The molecular formula is C15H18N4O3. The van der Waals surface area contributed by atoms with E-state index < -0.39 is 23.5 Å². The fraction of sp³-hybridized carbons (Fsp3) is 0.533. The van der Waals surface area contributed by atoms with Crippen molar-refractivity contribution < 1.29 is 14.4 Å². The van der Waals surface area contributed by atoms with Crippen LogP contribution in [0.25, 0.3) is 0 Å². The second kappa shape index (κ2) is 5.82. The number of carbonyl (C=O) groups is 3. The van der Waals surface area contributed by atoms with E-state index in [2.05, 4.69) is 15.3 Å². The smallest absolute Gasteiger partial charge is 0.287 e. The van der Waals surface area contributed by atoms with E-state index in [9.17, 15) is 14.4 Å². The number of amides is 2. The van der Waals surface area contributed by atoms with Crippen molar-refractivity contribution in [2.75, 3.05) is 18.0 Å². The molecule has 0 unspecified atom stereocenters. The van der Waals surface area contributed by atoms with Gasteiger partial charge in [0.05, 0.1) is 24.0 Å². The Labute approximate surface area is 128 Å². The Kier molecular flexibility index (Phi) is 3.87. The number of nitrogens with one attached hydrogen (secondary N) is 1. The fourth-order valence-corrected chi connectivity index (χ4v) is 2.65. The molecule has 2 fully saturated rings. The van der Waals surface area contributed by atoms with Gasteiger partial charge in [-0.1, -0.05) is 6.92 Å². The number of aromatic nitrogens is 2. The summed E-state index contributed by atoms with van der Waals surface area (Å²) in [6.07, 6.45) is 6.64. The summed E-state index contributed by atoms with van der Waals surface area (Å²) in [6, 6.07) is 0. The van der Waals surface area contributed by atoms with Crippen molar-refractivity contribution in [1.82, 2.24) is 15.3 Å². The third-order valence-corrected chi connectivity index (χ3v) is 4.31. The number of rotatable bonds is 5. The maximum atomic E-state index is 12.3. The first kappa shape index (κ1) is 14.6. The lowest BCUT2D eigenvalue weighted by Gasteiger charge is -2.15. The summed E-state index contributed by atoms with van der Waals surface area (Å²) in [6.45, 7) is 2.43. The van der Waals surface area contributed by atoms with Crippen LogP contribution >= 0.6 is 0 Å². The highest BCUT2D eigenvalue weighted by Gasteiger charge is 2.44. The molecule has 22 heavy (non-hydrogen) atoms. The van der Waals surface area contributed by atoms with Gasteiger partial charge in [-0.15, -0.1) is 0 Å². The Morgan fingerprint density at radius 1 is 1.32 bits per heavy atom. The molecule has 7 nitrogen and oxygen atoms in total. The first-order valence-corrected chi connectivity index (χ1v) is 7.46. The van der Waals surface area contributed by atoms with Crippen molar-refractivity contribution in [3.8, 4) is 0 Å². The molecule has 1 N–H and O–H groups in total. The van der Waals surface area contributed by atoms with E-state index in [1.54, 1.807) is 6.92 Å². The highest BCUT2D eigenvalue weighted by molar-refractivity contribution is 6.38. The van der Waals surface area contributed by atoms with Crippen LogP contribution in [-0.4, -0.2) is 40.7 Å². The molecule has 0 bridgehead atoms. The number of carbonyl (C=O) groups excluding carboxylic acids is 3. The van der Waals surface area contributed by atoms with Crippen molar-refractivity contribution in [1.29, 1.82) is 0 Å². The summed E-state index contributed by atoms with van der Waals surface area (Å²) in [5, 5.41) is 2.67. The van der Waals surface area contributed by atoms with E-state index >= 15 is 0 Å². The van der Waals surface area contributed by atoms with Crippen LogP contribution in [0.2, 0.25) is 0 Å². The van der Waals surface area contributed by atoms with Crippen molar-refractivity contribution in [2.24, 2.45) is 17.8 Å². The predicted octanol–water partition coefficient (Wildman–Crippen LogP) is 0.171. The highest BCUT2D eigenvalue weighted by Crippen LogP contribution is 2.30. The number of nitrogens with zero attached hydrogens (tertiary/aromatic N) is 3. The van der Waals surface area contributed by atoms with Gasteiger partial charge in [0.15, 0.2) is 0 Å². The SMILES string of the molecule is C[C@H]1C(=O)N(c2cncnc2)C[C@@H]1C(=O)C(=O)NCC1CC1. The molecule has 0 aromatic carbocycles. The minimum atomic E-state index is -0.619. The quantitative estimate of drug-likeness (QED) is 0.783. The molecule has 1 saturated carbocycles. The Hall–Kier alpha value is -2.31. The Morgan fingerprint density at radius 3 is 2.64 bits per heavy atom. The Morgan fingerprint density at radius 2 is 2.00 bits per heavy atom. The second-order valence-electron chi connectivity index (χ2n) is 5.96. The van der Waals surface area contributed by atoms with Crippen LogP contribution in [0, 0.1) is 17.8 Å². The lowest BCUT2D eigenvalue weighted by Crippen LogP contribution is -2.38. The van der Waals surface area contributed by atoms with Crippen LogP contribution in [-0.2, 0) is 14.4 Å². The summed E-state index contributed by atoms with van der Waals surface area (Å²) >= 11 is 0. The molecular weight excluding hydrogens is 284 g/mol. The first-order valence-electron chi connectivity index (χ1n) is 7.46. The number of hydrogen-bond acceptors (Lipinski definition) is 5. The van der Waals surface area contributed by atoms with Crippen LogP contribution in [0.5, 0.6) is 0 Å². The van der Waals surface area contributed by atoms with Gasteiger partial charge in [0.2, 0.25) is 11.7 Å². The molecule has 1 aliphatic carbocycles. The Balaban J connectivity index is 1.67. The molecule has 2 aliphatic rings. The number of ketones is 1. The number of hydrogen-bond donors (Lipinski definition) is 1. The molecule has 1 saturated heterocycles. The van der Waals surface area contributed by atoms with Gasteiger partial charge in [0, 0.05) is 19.0 Å². The lowest BCUT2D eigenvalue weighted by molar-refractivity contribution is -0.141. The normalized spacial score (nSPS) is 24.4. The summed E-state index contributed by atoms with van der Waals surface area (Å²) in [5.74, 6) is -1.89. The van der Waals surface area contributed by atoms with Gasteiger partial charge >= 0.3 is 0 Å². The van der Waals surface area contributed by atoms with Crippen LogP contribution < -0.4 is 10.2 Å². The van der Waals surface area contributed by atoms with Crippen molar-refractivity contribution in [3.05, 3.63) is 18.7 Å². The molecule has 0 radical (unpaired) electrons. The van der Waals surface area contributed by atoms with E-state index in [4.69, 9.17) is 0 Å². The summed E-state index contributed by atoms with van der Waals surface area (Å²) < 4.78 is 0. The maximum absolute atomic E-state index is 12.3. The van der Waals surface area contributed by atoms with Crippen LogP contribution in [0.3, 0.4) is 0 Å². The van der Waals surface area contributed by atoms with Crippen molar-refractivity contribution in [2.45, 2.75) is 19.8 Å². The largest absolute Gasteiger partial charge is 0.349 e. The molecule has 1 aliphatic heterocycles. The van der Waals surface area contributed by atoms with Gasteiger partial charge in [-0.05, 0) is 18.8 Å². The number of Topliss-reactive ketones (excluding diaryl/α,β-unsaturated/α-hetero) is 1. The van der Waals surface area contributed by atoms with E-state index in [0.29, 0.717) is 18.2 Å². The molecule has 2 amide bonds. The third-order valence-electron chi connectivity index (χ3n) is 4.31. The van der Waals surface area contributed by atoms with Crippen LogP contribution in [0.4, 0.5) is 5.69 Å². The van der Waals surface area contributed by atoms with Crippen molar-refractivity contribution >= 4 is 23.3 Å². The van der Waals surface area contributed by atoms with Gasteiger partial charge < -0.3 is 10.2 Å². The van der Waals surface area contributed by atoms with Gasteiger partial charge in [0.1, 0.15) is 6.33 Å². The van der Waals surface area contributed by atoms with E-state index in [1.165, 1.54) is 23.6 Å². The van der Waals surface area contributed by atoms with Crippen LogP contribution in [0.15, 0.2) is 18.7 Å². The number of anilines is 1. The molecule has 0 spiro atoms. The minimum absolute atomic E-state index is 0.178. The Bertz CT molecular complexity index is 600. The molecule has 116 valence electrons. The average Bonchev–Trinajstić information content (AvgIpc) is 3.32. The first-order chi connectivity index (χ1) is 10.6. The monoisotopic (exact) mass is 302 g/mol.